The highest BCUT2D eigenvalue weighted by molar-refractivity contribution is 5.93. The second kappa shape index (κ2) is 7.80. The molecule has 1 aromatic carbocycles. The van der Waals surface area contributed by atoms with Gasteiger partial charge >= 0.3 is 0 Å². The summed E-state index contributed by atoms with van der Waals surface area (Å²) < 4.78 is 0. The zero-order valence-corrected chi connectivity index (χ0v) is 20.0. The van der Waals surface area contributed by atoms with Gasteiger partial charge in [-0.15, -0.1) is 0 Å². The third-order valence-corrected chi connectivity index (χ3v) is 8.52. The summed E-state index contributed by atoms with van der Waals surface area (Å²) in [6.45, 7) is 1.64. The Bertz CT molecular complexity index is 1210. The van der Waals surface area contributed by atoms with Crippen LogP contribution in [0.25, 0.3) is 5.57 Å². The lowest BCUT2D eigenvalue weighted by Crippen LogP contribution is -2.66. The SMILES string of the molecule is CN(C)[C@@H]1C(O)C(C(N)=O)C[C@@]2(O)C(O)=C3C(=C4C=CC=C4)c4c(O)cccc4[C@@](C)(O)C3CC12. The van der Waals surface area contributed by atoms with E-state index in [0.717, 1.165) is 5.57 Å². The summed E-state index contributed by atoms with van der Waals surface area (Å²) in [6.07, 6.45) is 6.20. The molecule has 0 spiro atoms. The number of benzene rings is 1. The number of carbonyl (C=O) groups excluding carboxylic acids is 1. The highest BCUT2D eigenvalue weighted by Gasteiger charge is 2.63. The van der Waals surface area contributed by atoms with Crippen LogP contribution in [0.3, 0.4) is 0 Å². The number of aliphatic hydroxyl groups is 4. The number of phenolic OH excluding ortho intramolecular Hbond substituents is 1. The molecule has 35 heavy (non-hydrogen) atoms. The molecule has 0 radical (unpaired) electrons. The van der Waals surface area contributed by atoms with Crippen molar-refractivity contribution < 1.29 is 30.3 Å². The Morgan fingerprint density at radius 3 is 2.40 bits per heavy atom. The molecule has 4 aliphatic rings. The van der Waals surface area contributed by atoms with Crippen LogP contribution in [0.5, 0.6) is 5.75 Å². The van der Waals surface area contributed by atoms with E-state index in [1.54, 1.807) is 38.1 Å². The topological polar surface area (TPSA) is 147 Å². The first-order chi connectivity index (χ1) is 16.4. The lowest BCUT2D eigenvalue weighted by Gasteiger charge is -2.57. The second-order valence-corrected chi connectivity index (χ2v) is 10.6. The van der Waals surface area contributed by atoms with Gasteiger partial charge in [-0.3, -0.25) is 4.79 Å². The number of likely N-dealkylation sites (N-methyl/N-ethyl adjacent to an activating group) is 1. The number of allylic oxidation sites excluding steroid dienone is 6. The number of aromatic hydroxyl groups is 1. The van der Waals surface area contributed by atoms with Crippen LogP contribution < -0.4 is 5.73 Å². The van der Waals surface area contributed by atoms with Gasteiger partial charge < -0.3 is 36.2 Å². The van der Waals surface area contributed by atoms with Crippen LogP contribution in [0.4, 0.5) is 0 Å². The van der Waals surface area contributed by atoms with Crippen LogP contribution >= 0.6 is 0 Å². The summed E-state index contributed by atoms with van der Waals surface area (Å²) in [4.78, 5) is 14.0. The molecule has 186 valence electrons. The largest absolute Gasteiger partial charge is 0.509 e. The van der Waals surface area contributed by atoms with E-state index < -0.39 is 47.0 Å². The maximum Gasteiger partial charge on any atom is 0.223 e. The molecule has 8 nitrogen and oxygen atoms in total. The summed E-state index contributed by atoms with van der Waals surface area (Å²) in [7, 11) is 3.48. The average molecular weight is 481 g/mol. The normalized spacial score (nSPS) is 38.0. The molecule has 0 heterocycles. The van der Waals surface area contributed by atoms with E-state index in [-0.39, 0.29) is 24.4 Å². The molecule has 7 N–H and O–H groups in total. The molecular weight excluding hydrogens is 448 g/mol. The van der Waals surface area contributed by atoms with Gasteiger partial charge in [0.15, 0.2) is 0 Å². The molecule has 1 aromatic rings. The van der Waals surface area contributed by atoms with E-state index in [9.17, 15) is 30.3 Å². The molecule has 0 saturated heterocycles. The predicted octanol–water partition coefficient (Wildman–Crippen LogP) is 1.47. The van der Waals surface area contributed by atoms with Crippen LogP contribution in [-0.2, 0) is 10.4 Å². The number of primary amides is 1. The Kier molecular flexibility index (Phi) is 5.30. The number of amides is 1. The minimum Gasteiger partial charge on any atom is -0.509 e. The van der Waals surface area contributed by atoms with Gasteiger partial charge in [0.2, 0.25) is 5.91 Å². The molecular formula is C27H32N2O6. The van der Waals surface area contributed by atoms with E-state index in [0.29, 0.717) is 22.3 Å². The summed E-state index contributed by atoms with van der Waals surface area (Å²) in [5.74, 6) is -3.57. The average Bonchev–Trinajstić information content (AvgIpc) is 3.30. The molecule has 5 rings (SSSR count). The van der Waals surface area contributed by atoms with Crippen molar-refractivity contribution in [1.82, 2.24) is 4.90 Å². The summed E-state index contributed by atoms with van der Waals surface area (Å²) in [5, 5.41) is 57.7. The second-order valence-electron chi connectivity index (χ2n) is 10.6. The Hall–Kier alpha value is -2.91. The Labute approximate surface area is 204 Å². The van der Waals surface area contributed by atoms with E-state index in [1.165, 1.54) is 6.07 Å². The molecule has 8 heteroatoms. The standard InChI is InChI=1S/C27H32N2O6/c1-26(34)15-9-6-10-18(30)20(15)19(13-7-4-5-8-13)21-16(26)11-17-22(29(2)3)23(31)14(25(28)33)12-27(17,35)24(21)32/h4-10,14,16-17,22-23,30-32,34-35H,11-12H2,1-3H3,(H2,28,33)/t14?,16?,17?,22-,23?,26+,27-/m0/s1. The van der Waals surface area contributed by atoms with Crippen molar-refractivity contribution in [2.45, 2.75) is 43.1 Å². The molecule has 0 aromatic heterocycles. The van der Waals surface area contributed by atoms with Gasteiger partial charge in [-0.1, -0.05) is 36.4 Å². The van der Waals surface area contributed by atoms with E-state index >= 15 is 0 Å². The third kappa shape index (κ3) is 3.17. The predicted molar refractivity (Wildman–Crippen MR) is 130 cm³/mol. The highest BCUT2D eigenvalue weighted by Crippen LogP contribution is 2.61. The van der Waals surface area contributed by atoms with E-state index in [1.807, 2.05) is 24.3 Å². The number of rotatable bonds is 2. The van der Waals surface area contributed by atoms with Gasteiger partial charge in [-0.2, -0.15) is 0 Å². The van der Waals surface area contributed by atoms with Gasteiger partial charge in [-0.25, -0.2) is 0 Å². The van der Waals surface area contributed by atoms with Crippen molar-refractivity contribution in [3.63, 3.8) is 0 Å². The molecule has 0 aliphatic heterocycles. The first kappa shape index (κ1) is 23.8. The van der Waals surface area contributed by atoms with Crippen LogP contribution in [0.2, 0.25) is 0 Å². The minimum atomic E-state index is -1.87. The van der Waals surface area contributed by atoms with Crippen LogP contribution in [0.15, 0.2) is 59.4 Å². The molecule has 4 aliphatic carbocycles. The van der Waals surface area contributed by atoms with Gasteiger partial charge in [0.25, 0.3) is 0 Å². The molecule has 4 unspecified atom stereocenters. The molecule has 1 amide bonds. The fourth-order valence-corrected chi connectivity index (χ4v) is 6.87. The molecule has 0 bridgehead atoms. The van der Waals surface area contributed by atoms with Gasteiger partial charge in [-0.05, 0) is 51.1 Å². The van der Waals surface area contributed by atoms with E-state index in [4.69, 9.17) is 5.73 Å². The zero-order chi connectivity index (χ0) is 25.4. The number of hydrogen-bond donors (Lipinski definition) is 6. The zero-order valence-electron chi connectivity index (χ0n) is 20.0. The van der Waals surface area contributed by atoms with Crippen LogP contribution in [0, 0.1) is 17.8 Å². The number of hydrogen-bond acceptors (Lipinski definition) is 7. The van der Waals surface area contributed by atoms with Crippen molar-refractivity contribution in [3.8, 4) is 5.75 Å². The smallest absolute Gasteiger partial charge is 0.223 e. The van der Waals surface area contributed by atoms with Gasteiger partial charge in [0, 0.05) is 34.6 Å². The van der Waals surface area contributed by atoms with Crippen LogP contribution in [0.1, 0.15) is 30.9 Å². The van der Waals surface area contributed by atoms with Crippen LogP contribution in [-0.4, -0.2) is 68.2 Å². The summed E-state index contributed by atoms with van der Waals surface area (Å²) >= 11 is 0. The van der Waals surface area contributed by atoms with E-state index in [2.05, 4.69) is 0 Å². The van der Waals surface area contributed by atoms with Crippen molar-refractivity contribution >= 4 is 11.5 Å². The maximum absolute atomic E-state index is 12.3. The maximum atomic E-state index is 12.3. The van der Waals surface area contributed by atoms with Crippen molar-refractivity contribution in [2.75, 3.05) is 14.1 Å². The number of fused-ring (bicyclic) bond motifs is 3. The highest BCUT2D eigenvalue weighted by atomic mass is 16.3. The monoisotopic (exact) mass is 480 g/mol. The number of aliphatic hydroxyl groups excluding tert-OH is 2. The number of nitrogens with zero attached hydrogens (tertiary/aromatic N) is 1. The quantitative estimate of drug-likeness (QED) is 0.376. The molecule has 7 atom stereocenters. The summed E-state index contributed by atoms with van der Waals surface area (Å²) in [5.41, 5.74) is 4.77. The first-order valence-electron chi connectivity index (χ1n) is 11.9. The van der Waals surface area contributed by atoms with Gasteiger partial charge in [0.05, 0.1) is 17.6 Å². The fourth-order valence-electron chi connectivity index (χ4n) is 6.87. The Morgan fingerprint density at radius 1 is 1.14 bits per heavy atom. The lowest BCUT2D eigenvalue weighted by molar-refractivity contribution is -0.170. The fraction of sp³-hybridized carbons (Fsp3) is 0.444. The summed E-state index contributed by atoms with van der Waals surface area (Å²) in [6, 6.07) is 4.26. The molecule has 1 fully saturated rings. The van der Waals surface area contributed by atoms with Crippen molar-refractivity contribution in [1.29, 1.82) is 0 Å². The van der Waals surface area contributed by atoms with Crippen molar-refractivity contribution in [3.05, 3.63) is 70.5 Å². The van der Waals surface area contributed by atoms with Crippen molar-refractivity contribution in [2.24, 2.45) is 23.5 Å². The Balaban J connectivity index is 1.83. The minimum absolute atomic E-state index is 0.0490. The lowest BCUT2D eigenvalue weighted by atomic mass is 9.53. The third-order valence-electron chi connectivity index (χ3n) is 8.52. The first-order valence-corrected chi connectivity index (χ1v) is 11.9. The van der Waals surface area contributed by atoms with Gasteiger partial charge in [0.1, 0.15) is 17.1 Å². The Morgan fingerprint density at radius 2 is 1.80 bits per heavy atom. The number of nitrogens with two attached hydrogens (primary N) is 1. The number of carbonyl (C=O) groups is 1. The molecule has 1 saturated carbocycles. The number of phenols is 1.